The van der Waals surface area contributed by atoms with Crippen LogP contribution in [0.5, 0.6) is 5.75 Å². The summed E-state index contributed by atoms with van der Waals surface area (Å²) in [6.45, 7) is 3.38. The maximum atomic E-state index is 11.9. The number of amides is 1. The predicted molar refractivity (Wildman–Crippen MR) is 115 cm³/mol. The van der Waals surface area contributed by atoms with Gasteiger partial charge in [0.25, 0.3) is 5.91 Å². The summed E-state index contributed by atoms with van der Waals surface area (Å²) in [5.41, 5.74) is 1.34. The highest BCUT2D eigenvalue weighted by atomic mass is 32.1. The Morgan fingerprint density at radius 1 is 1.25 bits per heavy atom. The van der Waals surface area contributed by atoms with Gasteiger partial charge in [0.15, 0.2) is 5.96 Å². The summed E-state index contributed by atoms with van der Waals surface area (Å²) in [6, 6.07) is 12.1. The number of hydrogen-bond acceptors (Lipinski definition) is 4. The zero-order valence-electron chi connectivity index (χ0n) is 16.5. The number of thiophene rings is 1. The average molecular weight is 401 g/mol. The highest BCUT2D eigenvalue weighted by Gasteiger charge is 2.25. The first-order valence-electron chi connectivity index (χ1n) is 9.62. The van der Waals surface area contributed by atoms with Crippen LogP contribution >= 0.6 is 11.3 Å². The summed E-state index contributed by atoms with van der Waals surface area (Å²) in [6.07, 6.45) is 1.97. The van der Waals surface area contributed by atoms with E-state index in [9.17, 15) is 4.79 Å². The molecular weight excluding hydrogens is 372 g/mol. The zero-order valence-corrected chi connectivity index (χ0v) is 17.3. The quantitative estimate of drug-likeness (QED) is 0.426. The summed E-state index contributed by atoms with van der Waals surface area (Å²) in [5, 5.41) is 8.28. The lowest BCUT2D eigenvalue weighted by molar-refractivity contribution is 0.0957. The second kappa shape index (κ2) is 10.1. The van der Waals surface area contributed by atoms with Crippen molar-refractivity contribution in [1.29, 1.82) is 0 Å². The molecule has 3 rings (SSSR count). The van der Waals surface area contributed by atoms with Crippen LogP contribution in [-0.2, 0) is 0 Å². The molecule has 1 saturated heterocycles. The zero-order chi connectivity index (χ0) is 19.8. The van der Waals surface area contributed by atoms with Gasteiger partial charge in [-0.15, -0.1) is 11.3 Å². The molecule has 0 bridgehead atoms. The minimum absolute atomic E-state index is 0.00117. The van der Waals surface area contributed by atoms with Crippen molar-refractivity contribution in [3.8, 4) is 5.75 Å². The molecule has 2 heterocycles. The van der Waals surface area contributed by atoms with Crippen molar-refractivity contribution in [3.05, 3.63) is 52.2 Å². The number of likely N-dealkylation sites (tertiary alicyclic amines) is 1. The van der Waals surface area contributed by atoms with Gasteiger partial charge in [-0.1, -0.05) is 18.2 Å². The lowest BCUT2D eigenvalue weighted by atomic mass is 9.98. The van der Waals surface area contributed by atoms with Crippen LogP contribution in [0, 0.1) is 0 Å². The number of aliphatic imine (C=N–C) groups is 1. The summed E-state index contributed by atoms with van der Waals surface area (Å²) < 4.78 is 5.24. The van der Waals surface area contributed by atoms with E-state index in [1.54, 1.807) is 7.11 Å². The van der Waals surface area contributed by atoms with E-state index < -0.39 is 0 Å². The Bertz CT molecular complexity index is 774. The first-order chi connectivity index (χ1) is 13.7. The molecule has 1 atom stereocenters. The number of carbonyl (C=O) groups is 1. The molecule has 0 radical (unpaired) electrons. The third-order valence-electron chi connectivity index (χ3n) is 4.95. The maximum absolute atomic E-state index is 11.9. The topological polar surface area (TPSA) is 66.0 Å². The Labute approximate surface area is 170 Å². The molecule has 6 nitrogen and oxygen atoms in total. The number of carbonyl (C=O) groups excluding carboxylic acids is 1. The molecule has 2 N–H and O–H groups in total. The molecule has 0 saturated carbocycles. The Hall–Kier alpha value is -2.54. The monoisotopic (exact) mass is 400 g/mol. The van der Waals surface area contributed by atoms with E-state index in [0.29, 0.717) is 12.5 Å². The summed E-state index contributed by atoms with van der Waals surface area (Å²) in [7, 11) is 3.51. The van der Waals surface area contributed by atoms with Gasteiger partial charge in [-0.25, -0.2) is 0 Å². The second-order valence-corrected chi connectivity index (χ2v) is 7.71. The molecule has 2 aromatic rings. The van der Waals surface area contributed by atoms with Crippen LogP contribution in [0.15, 0.2) is 46.8 Å². The highest BCUT2D eigenvalue weighted by molar-refractivity contribution is 7.12. The molecule has 1 aromatic carbocycles. The molecule has 150 valence electrons. The average Bonchev–Trinajstić information content (AvgIpc) is 3.43. The van der Waals surface area contributed by atoms with E-state index in [1.165, 1.54) is 16.9 Å². The van der Waals surface area contributed by atoms with Crippen molar-refractivity contribution in [2.75, 3.05) is 40.3 Å². The van der Waals surface area contributed by atoms with Gasteiger partial charge in [-0.05, 0) is 42.0 Å². The Morgan fingerprint density at radius 2 is 2.04 bits per heavy atom. The van der Waals surface area contributed by atoms with E-state index in [4.69, 9.17) is 4.74 Å². The van der Waals surface area contributed by atoms with Crippen LogP contribution in [0.25, 0.3) is 0 Å². The standard InChI is InChI=1S/C21H28N4O2S/c1-22-21(24-12-4-11-23-20(26)19-5-3-14-28-19)25-13-10-17(15-25)16-6-8-18(27-2)9-7-16/h3,5-9,14,17H,4,10-13,15H2,1-2H3,(H,22,24)(H,23,26). The van der Waals surface area contributed by atoms with Gasteiger partial charge in [0.2, 0.25) is 0 Å². The first-order valence-corrected chi connectivity index (χ1v) is 10.5. The molecule has 1 unspecified atom stereocenters. The van der Waals surface area contributed by atoms with Gasteiger partial charge in [-0.2, -0.15) is 0 Å². The van der Waals surface area contributed by atoms with Crippen molar-refractivity contribution in [2.45, 2.75) is 18.8 Å². The lowest BCUT2D eigenvalue weighted by Gasteiger charge is -2.22. The molecule has 1 fully saturated rings. The summed E-state index contributed by atoms with van der Waals surface area (Å²) in [4.78, 5) is 19.4. The van der Waals surface area contributed by atoms with E-state index in [1.807, 2.05) is 36.7 Å². The number of hydrogen-bond donors (Lipinski definition) is 2. The maximum Gasteiger partial charge on any atom is 0.261 e. The van der Waals surface area contributed by atoms with E-state index in [-0.39, 0.29) is 5.91 Å². The molecule has 1 aliphatic heterocycles. The number of nitrogens with zero attached hydrogens (tertiary/aromatic N) is 2. The SMILES string of the molecule is CN=C(NCCCNC(=O)c1cccs1)N1CCC(c2ccc(OC)cc2)C1. The van der Waals surface area contributed by atoms with Crippen molar-refractivity contribution < 1.29 is 9.53 Å². The first kappa shape index (κ1) is 20.2. The van der Waals surface area contributed by atoms with Crippen LogP contribution < -0.4 is 15.4 Å². The normalized spacial score (nSPS) is 16.9. The van der Waals surface area contributed by atoms with Crippen molar-refractivity contribution in [2.24, 2.45) is 4.99 Å². The molecule has 1 amide bonds. The Kier molecular flexibility index (Phi) is 7.31. The molecule has 28 heavy (non-hydrogen) atoms. The minimum atomic E-state index is 0.00117. The van der Waals surface area contributed by atoms with Gasteiger partial charge in [0.1, 0.15) is 5.75 Å². The fourth-order valence-corrected chi connectivity index (χ4v) is 4.06. The van der Waals surface area contributed by atoms with Gasteiger partial charge in [0, 0.05) is 39.1 Å². The van der Waals surface area contributed by atoms with Crippen LogP contribution in [0.3, 0.4) is 0 Å². The van der Waals surface area contributed by atoms with Crippen LogP contribution in [0.1, 0.15) is 34.0 Å². The van der Waals surface area contributed by atoms with E-state index in [2.05, 4.69) is 32.7 Å². The molecule has 7 heteroatoms. The smallest absolute Gasteiger partial charge is 0.261 e. The number of nitrogens with one attached hydrogen (secondary N) is 2. The molecule has 1 aromatic heterocycles. The molecule has 1 aliphatic rings. The van der Waals surface area contributed by atoms with Crippen LogP contribution in [0.2, 0.25) is 0 Å². The molecular formula is C21H28N4O2S. The number of benzene rings is 1. The Morgan fingerprint density at radius 3 is 2.71 bits per heavy atom. The van der Waals surface area contributed by atoms with Crippen molar-refractivity contribution in [1.82, 2.24) is 15.5 Å². The third kappa shape index (κ3) is 5.25. The fourth-order valence-electron chi connectivity index (χ4n) is 3.42. The van der Waals surface area contributed by atoms with Gasteiger partial charge in [-0.3, -0.25) is 9.79 Å². The van der Waals surface area contributed by atoms with E-state index in [0.717, 1.165) is 49.1 Å². The summed E-state index contributed by atoms with van der Waals surface area (Å²) in [5.74, 6) is 2.33. The number of ether oxygens (including phenoxy) is 1. The minimum Gasteiger partial charge on any atom is -0.497 e. The summed E-state index contributed by atoms with van der Waals surface area (Å²) >= 11 is 1.46. The number of methoxy groups -OCH3 is 1. The fraction of sp³-hybridized carbons (Fsp3) is 0.429. The van der Waals surface area contributed by atoms with Crippen LogP contribution in [0.4, 0.5) is 0 Å². The number of guanidine groups is 1. The largest absolute Gasteiger partial charge is 0.497 e. The Balaban J connectivity index is 1.39. The highest BCUT2D eigenvalue weighted by Crippen LogP contribution is 2.28. The number of rotatable bonds is 7. The van der Waals surface area contributed by atoms with Gasteiger partial charge in [0.05, 0.1) is 12.0 Å². The van der Waals surface area contributed by atoms with Crippen molar-refractivity contribution in [3.63, 3.8) is 0 Å². The predicted octanol–water partition coefficient (Wildman–Crippen LogP) is 2.94. The van der Waals surface area contributed by atoms with Gasteiger partial charge >= 0.3 is 0 Å². The van der Waals surface area contributed by atoms with Crippen molar-refractivity contribution >= 4 is 23.2 Å². The second-order valence-electron chi connectivity index (χ2n) is 6.77. The lowest BCUT2D eigenvalue weighted by Crippen LogP contribution is -2.41. The molecule has 0 aliphatic carbocycles. The van der Waals surface area contributed by atoms with Gasteiger partial charge < -0.3 is 20.3 Å². The molecule has 0 spiro atoms. The third-order valence-corrected chi connectivity index (χ3v) is 5.82. The van der Waals surface area contributed by atoms with E-state index >= 15 is 0 Å². The van der Waals surface area contributed by atoms with Crippen LogP contribution in [-0.4, -0.2) is 57.1 Å².